The predicted octanol–water partition coefficient (Wildman–Crippen LogP) is 3.42. The van der Waals surface area contributed by atoms with Crippen molar-refractivity contribution in [3.8, 4) is 5.75 Å². The Labute approximate surface area is 123 Å². The minimum absolute atomic E-state index is 0.0948. The van der Waals surface area contributed by atoms with Crippen molar-refractivity contribution in [2.24, 2.45) is 0 Å². The fraction of sp³-hybridized carbons (Fsp3) is 0.0667. The van der Waals surface area contributed by atoms with Crippen molar-refractivity contribution in [2.45, 2.75) is 6.61 Å². The Morgan fingerprint density at radius 3 is 2.82 bits per heavy atom. The molecule has 5 nitrogen and oxygen atoms in total. The second kappa shape index (κ2) is 5.80. The van der Waals surface area contributed by atoms with Gasteiger partial charge in [0.2, 0.25) is 0 Å². The van der Waals surface area contributed by atoms with Crippen LogP contribution in [-0.2, 0) is 0 Å². The quantitative estimate of drug-likeness (QED) is 0.776. The van der Waals surface area contributed by atoms with Gasteiger partial charge in [-0.3, -0.25) is 9.89 Å². The zero-order valence-corrected chi connectivity index (χ0v) is 11.2. The summed E-state index contributed by atoms with van der Waals surface area (Å²) < 4.78 is 29.1. The Hall–Kier alpha value is -2.96. The van der Waals surface area contributed by atoms with E-state index in [1.165, 1.54) is 12.1 Å². The number of amides is 1. The number of alkyl halides is 2. The van der Waals surface area contributed by atoms with E-state index in [1.54, 1.807) is 30.5 Å². The maximum Gasteiger partial charge on any atom is 0.387 e. The Kier molecular flexibility index (Phi) is 3.69. The third-order valence-corrected chi connectivity index (χ3v) is 3.07. The zero-order valence-electron chi connectivity index (χ0n) is 11.2. The van der Waals surface area contributed by atoms with Crippen LogP contribution in [0.1, 0.15) is 10.4 Å². The first-order chi connectivity index (χ1) is 10.6. The van der Waals surface area contributed by atoms with E-state index in [1.807, 2.05) is 6.07 Å². The highest BCUT2D eigenvalue weighted by Gasteiger charge is 2.15. The molecule has 1 amide bonds. The van der Waals surface area contributed by atoms with Gasteiger partial charge in [-0.05, 0) is 18.2 Å². The highest BCUT2D eigenvalue weighted by atomic mass is 19.3. The molecule has 0 aliphatic heterocycles. The number of halogens is 2. The largest absolute Gasteiger partial charge is 0.433 e. The van der Waals surface area contributed by atoms with E-state index in [-0.39, 0.29) is 11.4 Å². The van der Waals surface area contributed by atoms with E-state index >= 15 is 0 Å². The van der Waals surface area contributed by atoms with Gasteiger partial charge in [-0.2, -0.15) is 13.9 Å². The van der Waals surface area contributed by atoms with Crippen molar-refractivity contribution in [1.29, 1.82) is 0 Å². The first-order valence-corrected chi connectivity index (χ1v) is 6.42. The van der Waals surface area contributed by atoms with Gasteiger partial charge >= 0.3 is 6.61 Å². The Morgan fingerprint density at radius 1 is 1.18 bits per heavy atom. The molecule has 0 aliphatic rings. The minimum Gasteiger partial charge on any atom is -0.433 e. The maximum atomic E-state index is 12.4. The summed E-state index contributed by atoms with van der Waals surface area (Å²) in [4.78, 5) is 12.4. The van der Waals surface area contributed by atoms with Crippen LogP contribution in [0, 0.1) is 0 Å². The highest BCUT2D eigenvalue weighted by Crippen LogP contribution is 2.26. The van der Waals surface area contributed by atoms with Crippen LogP contribution in [-0.4, -0.2) is 22.7 Å². The molecule has 0 fully saturated rings. The molecule has 0 radical (unpaired) electrons. The Morgan fingerprint density at radius 2 is 2.00 bits per heavy atom. The van der Waals surface area contributed by atoms with Gasteiger partial charge in [0, 0.05) is 5.39 Å². The number of benzene rings is 2. The van der Waals surface area contributed by atoms with E-state index in [2.05, 4.69) is 20.3 Å². The average molecular weight is 303 g/mol. The van der Waals surface area contributed by atoms with Gasteiger partial charge in [-0.25, -0.2) is 0 Å². The standard InChI is InChI=1S/C15H11F2N3O2/c16-15(17)22-12-7-2-1-6-11(12)19-14(21)10-5-3-4-9-8-18-20-13(9)10/h1-8,15H,(H,18,20)(H,19,21). The molecule has 112 valence electrons. The molecular formula is C15H11F2N3O2. The normalized spacial score (nSPS) is 10.9. The Bertz CT molecular complexity index is 817. The summed E-state index contributed by atoms with van der Waals surface area (Å²) in [7, 11) is 0. The monoisotopic (exact) mass is 303 g/mol. The number of aromatic nitrogens is 2. The number of nitrogens with one attached hydrogen (secondary N) is 2. The average Bonchev–Trinajstić information content (AvgIpc) is 2.97. The predicted molar refractivity (Wildman–Crippen MR) is 77.1 cm³/mol. The molecule has 0 spiro atoms. The number of ether oxygens (including phenoxy) is 1. The summed E-state index contributed by atoms with van der Waals surface area (Å²) in [5.74, 6) is -0.539. The van der Waals surface area contributed by atoms with E-state index in [0.717, 1.165) is 5.39 Å². The number of carbonyl (C=O) groups excluding carboxylic acids is 1. The number of carbonyl (C=O) groups is 1. The van der Waals surface area contributed by atoms with Crippen LogP contribution >= 0.6 is 0 Å². The lowest BCUT2D eigenvalue weighted by Gasteiger charge is -2.11. The molecule has 3 rings (SSSR count). The van der Waals surface area contributed by atoms with Crippen LogP contribution in [0.3, 0.4) is 0 Å². The zero-order chi connectivity index (χ0) is 15.5. The summed E-state index contributed by atoms with van der Waals surface area (Å²) in [5.41, 5.74) is 1.11. The lowest BCUT2D eigenvalue weighted by molar-refractivity contribution is -0.0493. The van der Waals surface area contributed by atoms with Crippen molar-refractivity contribution < 1.29 is 18.3 Å². The van der Waals surface area contributed by atoms with Gasteiger partial charge in [-0.1, -0.05) is 24.3 Å². The summed E-state index contributed by atoms with van der Waals surface area (Å²) in [6.07, 6.45) is 1.60. The minimum atomic E-state index is -2.96. The SMILES string of the molecule is O=C(Nc1ccccc1OC(F)F)c1cccc2cn[nH]c12. The lowest BCUT2D eigenvalue weighted by atomic mass is 10.1. The molecule has 0 saturated carbocycles. The second-order valence-electron chi connectivity index (χ2n) is 4.47. The van der Waals surface area contributed by atoms with Crippen LogP contribution in [0.4, 0.5) is 14.5 Å². The fourth-order valence-corrected chi connectivity index (χ4v) is 2.12. The topological polar surface area (TPSA) is 67.0 Å². The number of H-pyrrole nitrogens is 1. The maximum absolute atomic E-state index is 12.4. The molecule has 0 aliphatic carbocycles. The van der Waals surface area contributed by atoms with E-state index < -0.39 is 12.5 Å². The molecule has 3 aromatic rings. The molecule has 22 heavy (non-hydrogen) atoms. The van der Waals surface area contributed by atoms with E-state index in [4.69, 9.17) is 0 Å². The number of para-hydroxylation sites is 3. The molecule has 7 heteroatoms. The van der Waals surface area contributed by atoms with Gasteiger partial charge in [-0.15, -0.1) is 0 Å². The molecule has 0 bridgehead atoms. The van der Waals surface area contributed by atoms with Crippen LogP contribution in [0.2, 0.25) is 0 Å². The first-order valence-electron chi connectivity index (χ1n) is 6.42. The van der Waals surface area contributed by atoms with Crippen LogP contribution < -0.4 is 10.1 Å². The lowest BCUT2D eigenvalue weighted by Crippen LogP contribution is -2.14. The third-order valence-electron chi connectivity index (χ3n) is 3.07. The van der Waals surface area contributed by atoms with Crippen molar-refractivity contribution in [3.05, 3.63) is 54.2 Å². The molecule has 2 N–H and O–H groups in total. The van der Waals surface area contributed by atoms with Gasteiger partial charge < -0.3 is 10.1 Å². The molecule has 0 atom stereocenters. The van der Waals surface area contributed by atoms with Gasteiger partial charge in [0.25, 0.3) is 5.91 Å². The van der Waals surface area contributed by atoms with Crippen LogP contribution in [0.5, 0.6) is 5.75 Å². The molecular weight excluding hydrogens is 292 g/mol. The second-order valence-corrected chi connectivity index (χ2v) is 4.47. The number of hydrogen-bond acceptors (Lipinski definition) is 3. The van der Waals surface area contributed by atoms with Gasteiger partial charge in [0.1, 0.15) is 5.75 Å². The van der Waals surface area contributed by atoms with Gasteiger partial charge in [0.15, 0.2) is 0 Å². The molecule has 0 saturated heterocycles. The molecule has 1 heterocycles. The summed E-state index contributed by atoms with van der Waals surface area (Å²) in [6.45, 7) is -2.96. The highest BCUT2D eigenvalue weighted by molar-refractivity contribution is 6.12. The van der Waals surface area contributed by atoms with Crippen LogP contribution in [0.25, 0.3) is 10.9 Å². The van der Waals surface area contributed by atoms with Crippen molar-refractivity contribution >= 4 is 22.5 Å². The van der Waals surface area contributed by atoms with E-state index in [0.29, 0.717) is 11.1 Å². The van der Waals surface area contributed by atoms with Gasteiger partial charge in [0.05, 0.1) is 23.0 Å². The molecule has 1 aromatic heterocycles. The molecule has 0 unspecified atom stereocenters. The number of hydrogen-bond donors (Lipinski definition) is 2. The smallest absolute Gasteiger partial charge is 0.387 e. The van der Waals surface area contributed by atoms with Crippen molar-refractivity contribution in [2.75, 3.05) is 5.32 Å². The fourth-order valence-electron chi connectivity index (χ4n) is 2.12. The summed E-state index contributed by atoms with van der Waals surface area (Å²) in [5, 5.41) is 9.97. The summed E-state index contributed by atoms with van der Waals surface area (Å²) >= 11 is 0. The third kappa shape index (κ3) is 2.73. The van der Waals surface area contributed by atoms with E-state index in [9.17, 15) is 13.6 Å². The van der Waals surface area contributed by atoms with Crippen molar-refractivity contribution in [1.82, 2.24) is 10.2 Å². The number of aromatic amines is 1. The molecule has 2 aromatic carbocycles. The Balaban J connectivity index is 1.90. The number of fused-ring (bicyclic) bond motifs is 1. The number of nitrogens with zero attached hydrogens (tertiary/aromatic N) is 1. The van der Waals surface area contributed by atoms with Crippen molar-refractivity contribution in [3.63, 3.8) is 0 Å². The first kappa shape index (κ1) is 14.0. The summed E-state index contributed by atoms with van der Waals surface area (Å²) in [6, 6.07) is 11.2. The van der Waals surface area contributed by atoms with Crippen LogP contribution in [0.15, 0.2) is 48.7 Å². The number of rotatable bonds is 4. The number of anilines is 1.